The molecule has 0 aliphatic carbocycles. The van der Waals surface area contributed by atoms with Crippen molar-refractivity contribution in [2.45, 2.75) is 19.9 Å². The minimum Gasteiger partial charge on any atom is -0.305 e. The summed E-state index contributed by atoms with van der Waals surface area (Å²) in [5.74, 6) is -1.10. The molecule has 5 heteroatoms. The first-order chi connectivity index (χ1) is 8.63. The summed E-state index contributed by atoms with van der Waals surface area (Å²) in [5, 5.41) is 5.78. The summed E-state index contributed by atoms with van der Waals surface area (Å²) in [6.07, 6.45) is 0. The van der Waals surface area contributed by atoms with Crippen molar-refractivity contribution >= 4 is 11.3 Å². The highest BCUT2D eigenvalue weighted by molar-refractivity contribution is 7.09. The molecule has 0 radical (unpaired) electrons. The van der Waals surface area contributed by atoms with Gasteiger partial charge < -0.3 is 5.32 Å². The van der Waals surface area contributed by atoms with E-state index in [9.17, 15) is 8.78 Å². The fourth-order valence-electron chi connectivity index (χ4n) is 1.86. The highest BCUT2D eigenvalue weighted by Gasteiger charge is 2.22. The Balaban J connectivity index is 2.47. The molecule has 0 aliphatic rings. The largest absolute Gasteiger partial charge is 0.305 e. The van der Waals surface area contributed by atoms with Crippen molar-refractivity contribution in [2.24, 2.45) is 0 Å². The van der Waals surface area contributed by atoms with Crippen LogP contribution in [-0.2, 0) is 0 Å². The molecule has 0 fully saturated rings. The summed E-state index contributed by atoms with van der Waals surface area (Å²) < 4.78 is 27.6. The van der Waals surface area contributed by atoms with Crippen molar-refractivity contribution in [1.29, 1.82) is 0 Å². The predicted octanol–water partition coefficient (Wildman–Crippen LogP) is 3.43. The molecular formula is C13H14F2N2S. The van der Waals surface area contributed by atoms with Crippen LogP contribution in [0.3, 0.4) is 0 Å². The minimum atomic E-state index is -0.549. The van der Waals surface area contributed by atoms with Gasteiger partial charge in [0.25, 0.3) is 0 Å². The first-order valence-corrected chi connectivity index (χ1v) is 6.60. The number of thiazole rings is 1. The van der Waals surface area contributed by atoms with Crippen LogP contribution in [0.2, 0.25) is 0 Å². The molecule has 0 amide bonds. The standard InChI is InChI=1S/C13H14F2N2S/c1-3-16-13(11-7-18-8(2)17-11)12-9(14)5-4-6-10(12)15/h4-7,13,16H,3H2,1-2H3. The second kappa shape index (κ2) is 5.54. The van der Waals surface area contributed by atoms with Crippen LogP contribution in [0.4, 0.5) is 8.78 Å². The number of benzene rings is 1. The number of nitrogens with zero attached hydrogens (tertiary/aromatic N) is 1. The van der Waals surface area contributed by atoms with E-state index in [1.54, 1.807) is 0 Å². The quantitative estimate of drug-likeness (QED) is 0.919. The van der Waals surface area contributed by atoms with Crippen LogP contribution in [0.1, 0.15) is 29.2 Å². The van der Waals surface area contributed by atoms with Crippen LogP contribution in [0.15, 0.2) is 23.6 Å². The SMILES string of the molecule is CCNC(c1csc(C)n1)c1c(F)cccc1F. The fraction of sp³-hybridized carbons (Fsp3) is 0.308. The van der Waals surface area contributed by atoms with Gasteiger partial charge in [-0.3, -0.25) is 0 Å². The first kappa shape index (κ1) is 13.1. The Morgan fingerprint density at radius 1 is 1.33 bits per heavy atom. The van der Waals surface area contributed by atoms with E-state index in [4.69, 9.17) is 0 Å². The Kier molecular flexibility index (Phi) is 4.04. The second-order valence-electron chi connectivity index (χ2n) is 3.92. The normalized spacial score (nSPS) is 12.7. The molecule has 0 spiro atoms. The van der Waals surface area contributed by atoms with E-state index in [2.05, 4.69) is 10.3 Å². The zero-order valence-corrected chi connectivity index (χ0v) is 11.0. The molecule has 2 rings (SSSR count). The van der Waals surface area contributed by atoms with Crippen LogP contribution in [0, 0.1) is 18.6 Å². The molecule has 0 saturated carbocycles. The van der Waals surface area contributed by atoms with E-state index in [1.807, 2.05) is 19.2 Å². The lowest BCUT2D eigenvalue weighted by Gasteiger charge is -2.17. The molecule has 0 bridgehead atoms. The van der Waals surface area contributed by atoms with Crippen LogP contribution < -0.4 is 5.32 Å². The monoisotopic (exact) mass is 268 g/mol. The van der Waals surface area contributed by atoms with Gasteiger partial charge in [-0.25, -0.2) is 13.8 Å². The van der Waals surface area contributed by atoms with Crippen LogP contribution in [-0.4, -0.2) is 11.5 Å². The molecule has 1 aromatic carbocycles. The van der Waals surface area contributed by atoms with Gasteiger partial charge in [0.2, 0.25) is 0 Å². The van der Waals surface area contributed by atoms with E-state index in [-0.39, 0.29) is 5.56 Å². The molecule has 1 heterocycles. The summed E-state index contributed by atoms with van der Waals surface area (Å²) in [7, 11) is 0. The third-order valence-electron chi connectivity index (χ3n) is 2.63. The molecule has 1 unspecified atom stereocenters. The van der Waals surface area contributed by atoms with Crippen LogP contribution in [0.5, 0.6) is 0 Å². The first-order valence-electron chi connectivity index (χ1n) is 5.72. The molecule has 2 nitrogen and oxygen atoms in total. The lowest BCUT2D eigenvalue weighted by molar-refractivity contribution is 0.506. The van der Waals surface area contributed by atoms with E-state index >= 15 is 0 Å². The average Bonchev–Trinajstić information content (AvgIpc) is 2.74. The van der Waals surface area contributed by atoms with Gasteiger partial charge in [0.15, 0.2) is 0 Å². The molecule has 18 heavy (non-hydrogen) atoms. The van der Waals surface area contributed by atoms with E-state index in [1.165, 1.54) is 29.5 Å². The molecule has 96 valence electrons. The smallest absolute Gasteiger partial charge is 0.131 e. The number of hydrogen-bond donors (Lipinski definition) is 1. The maximum Gasteiger partial charge on any atom is 0.131 e. The van der Waals surface area contributed by atoms with Gasteiger partial charge in [0, 0.05) is 10.9 Å². The molecule has 0 aliphatic heterocycles. The van der Waals surface area contributed by atoms with Crippen molar-refractivity contribution in [1.82, 2.24) is 10.3 Å². The summed E-state index contributed by atoms with van der Waals surface area (Å²) >= 11 is 1.47. The Morgan fingerprint density at radius 3 is 2.50 bits per heavy atom. The van der Waals surface area contributed by atoms with Gasteiger partial charge >= 0.3 is 0 Å². The molecular weight excluding hydrogens is 254 g/mol. The number of nitrogens with one attached hydrogen (secondary N) is 1. The van der Waals surface area contributed by atoms with Gasteiger partial charge in [0.05, 0.1) is 16.7 Å². The van der Waals surface area contributed by atoms with Gasteiger partial charge in [-0.1, -0.05) is 13.0 Å². The summed E-state index contributed by atoms with van der Waals surface area (Å²) in [6.45, 7) is 4.37. The predicted molar refractivity (Wildman–Crippen MR) is 68.7 cm³/mol. The topological polar surface area (TPSA) is 24.9 Å². The number of rotatable bonds is 4. The van der Waals surface area contributed by atoms with Gasteiger partial charge in [-0.15, -0.1) is 11.3 Å². The molecule has 1 N–H and O–H groups in total. The lowest BCUT2D eigenvalue weighted by Crippen LogP contribution is -2.24. The number of halogens is 2. The number of aromatic nitrogens is 1. The zero-order valence-electron chi connectivity index (χ0n) is 10.2. The van der Waals surface area contributed by atoms with Crippen molar-refractivity contribution in [3.8, 4) is 0 Å². The molecule has 1 atom stereocenters. The highest BCUT2D eigenvalue weighted by Crippen LogP contribution is 2.27. The van der Waals surface area contributed by atoms with Crippen LogP contribution in [0.25, 0.3) is 0 Å². The second-order valence-corrected chi connectivity index (χ2v) is 4.98. The molecule has 0 saturated heterocycles. The van der Waals surface area contributed by atoms with E-state index in [0.29, 0.717) is 12.2 Å². The Bertz CT molecular complexity index is 519. The van der Waals surface area contributed by atoms with Crippen molar-refractivity contribution in [3.63, 3.8) is 0 Å². The van der Waals surface area contributed by atoms with E-state index in [0.717, 1.165) is 5.01 Å². The van der Waals surface area contributed by atoms with E-state index < -0.39 is 17.7 Å². The third kappa shape index (κ3) is 2.57. The highest BCUT2D eigenvalue weighted by atomic mass is 32.1. The Hall–Kier alpha value is -1.33. The number of hydrogen-bond acceptors (Lipinski definition) is 3. The summed E-state index contributed by atoms with van der Waals surface area (Å²) in [5.41, 5.74) is 0.688. The Labute approximate surface area is 109 Å². The minimum absolute atomic E-state index is 0.0321. The summed E-state index contributed by atoms with van der Waals surface area (Å²) in [4.78, 5) is 4.31. The zero-order chi connectivity index (χ0) is 13.1. The lowest BCUT2D eigenvalue weighted by atomic mass is 10.0. The molecule has 2 aromatic rings. The van der Waals surface area contributed by atoms with Crippen molar-refractivity contribution in [3.05, 3.63) is 51.5 Å². The summed E-state index contributed by atoms with van der Waals surface area (Å²) in [6, 6.07) is 3.36. The van der Waals surface area contributed by atoms with Gasteiger partial charge in [-0.2, -0.15) is 0 Å². The maximum absolute atomic E-state index is 13.8. The average molecular weight is 268 g/mol. The van der Waals surface area contributed by atoms with Crippen molar-refractivity contribution in [2.75, 3.05) is 6.54 Å². The maximum atomic E-state index is 13.8. The Morgan fingerprint density at radius 2 is 2.00 bits per heavy atom. The van der Waals surface area contributed by atoms with Crippen molar-refractivity contribution < 1.29 is 8.78 Å². The van der Waals surface area contributed by atoms with Gasteiger partial charge in [0.1, 0.15) is 11.6 Å². The van der Waals surface area contributed by atoms with Crippen LogP contribution >= 0.6 is 11.3 Å². The third-order valence-corrected chi connectivity index (χ3v) is 3.42. The fourth-order valence-corrected chi connectivity index (χ4v) is 2.50. The van der Waals surface area contributed by atoms with Gasteiger partial charge in [-0.05, 0) is 25.6 Å². The molecule has 1 aromatic heterocycles. The number of aryl methyl sites for hydroxylation is 1.